The summed E-state index contributed by atoms with van der Waals surface area (Å²) < 4.78 is -2.03. The number of non-ortho nitro benzene ring substituents is 2. The fourth-order valence-electron chi connectivity index (χ4n) is 2.05. The minimum absolute atomic E-state index is 0.0238. The number of halogens is 3. The summed E-state index contributed by atoms with van der Waals surface area (Å²) in [7, 11) is 0. The number of alkyl halides is 3. The Hall–Kier alpha value is -2.62. The lowest BCUT2D eigenvalue weighted by molar-refractivity contribution is -0.385. The van der Waals surface area contributed by atoms with Crippen LogP contribution in [0.1, 0.15) is 10.4 Å². The van der Waals surface area contributed by atoms with Crippen molar-refractivity contribution in [2.24, 2.45) is 0 Å². The predicted molar refractivity (Wildman–Crippen MR) is 101 cm³/mol. The van der Waals surface area contributed by atoms with Gasteiger partial charge in [0.25, 0.3) is 17.3 Å². The summed E-state index contributed by atoms with van der Waals surface area (Å²) >= 11 is 17.6. The van der Waals surface area contributed by atoms with Gasteiger partial charge in [-0.15, -0.1) is 0 Å². The largest absolute Gasteiger partial charge is 0.362 e. The number of carbonyl (C=O) groups excluding carboxylic acids is 1. The molecule has 0 saturated carbocycles. The monoisotopic (exact) mass is 432 g/mol. The van der Waals surface area contributed by atoms with Gasteiger partial charge in [-0.25, -0.2) is 0 Å². The maximum atomic E-state index is 12.4. The van der Waals surface area contributed by atoms with Crippen LogP contribution in [0, 0.1) is 20.2 Å². The molecule has 0 spiro atoms. The van der Waals surface area contributed by atoms with Crippen LogP contribution in [0.25, 0.3) is 0 Å². The lowest BCUT2D eigenvalue weighted by atomic mass is 10.2. The number of nitro groups is 2. The number of amides is 1. The van der Waals surface area contributed by atoms with E-state index >= 15 is 0 Å². The SMILES string of the molecule is O=C(N[C@H](Nc1cccc([N+](=O)[O-])c1)C(Cl)(Cl)Cl)c1cccc([N+](=O)[O-])c1. The molecule has 9 nitrogen and oxygen atoms in total. The molecular formula is C15H11Cl3N4O5. The maximum Gasteiger partial charge on any atom is 0.271 e. The number of nitro benzene ring substituents is 2. The average molecular weight is 434 g/mol. The van der Waals surface area contributed by atoms with E-state index in [0.717, 1.165) is 6.07 Å². The van der Waals surface area contributed by atoms with E-state index in [0.29, 0.717) is 0 Å². The second-order valence-electron chi connectivity index (χ2n) is 5.21. The Morgan fingerprint density at radius 3 is 2.07 bits per heavy atom. The Morgan fingerprint density at radius 1 is 0.963 bits per heavy atom. The Bertz CT molecular complexity index is 888. The van der Waals surface area contributed by atoms with Crippen LogP contribution in [0.15, 0.2) is 48.5 Å². The molecule has 0 unspecified atom stereocenters. The van der Waals surface area contributed by atoms with Gasteiger partial charge in [0.1, 0.15) is 6.17 Å². The van der Waals surface area contributed by atoms with E-state index in [1.807, 2.05) is 0 Å². The number of nitrogens with one attached hydrogen (secondary N) is 2. The second-order valence-corrected chi connectivity index (χ2v) is 7.58. The molecule has 27 heavy (non-hydrogen) atoms. The third-order valence-electron chi connectivity index (χ3n) is 3.29. The molecule has 2 aromatic rings. The van der Waals surface area contributed by atoms with Crippen molar-refractivity contribution in [1.29, 1.82) is 0 Å². The molecule has 0 radical (unpaired) electrons. The summed E-state index contributed by atoms with van der Waals surface area (Å²) in [4.78, 5) is 32.8. The van der Waals surface area contributed by atoms with E-state index in [1.54, 1.807) is 0 Å². The van der Waals surface area contributed by atoms with Crippen molar-refractivity contribution in [1.82, 2.24) is 5.32 Å². The molecule has 142 valence electrons. The van der Waals surface area contributed by atoms with Crippen LogP contribution < -0.4 is 10.6 Å². The zero-order valence-corrected chi connectivity index (χ0v) is 15.5. The molecule has 0 fully saturated rings. The van der Waals surface area contributed by atoms with Gasteiger partial charge in [-0.3, -0.25) is 25.0 Å². The smallest absolute Gasteiger partial charge is 0.271 e. The number of carbonyl (C=O) groups is 1. The van der Waals surface area contributed by atoms with Gasteiger partial charge in [-0.05, 0) is 12.1 Å². The van der Waals surface area contributed by atoms with Crippen molar-refractivity contribution in [2.45, 2.75) is 9.96 Å². The lowest BCUT2D eigenvalue weighted by Gasteiger charge is -2.27. The van der Waals surface area contributed by atoms with Crippen LogP contribution >= 0.6 is 34.8 Å². The molecule has 2 rings (SSSR count). The van der Waals surface area contributed by atoms with Crippen LogP contribution in [-0.4, -0.2) is 25.7 Å². The van der Waals surface area contributed by atoms with E-state index in [2.05, 4.69) is 10.6 Å². The molecule has 0 aliphatic carbocycles. The normalized spacial score (nSPS) is 12.1. The number of hydrogen-bond acceptors (Lipinski definition) is 6. The molecule has 1 amide bonds. The van der Waals surface area contributed by atoms with Crippen molar-refractivity contribution in [2.75, 3.05) is 5.32 Å². The number of benzene rings is 2. The third-order valence-corrected chi connectivity index (χ3v) is 3.94. The molecular weight excluding hydrogens is 423 g/mol. The lowest BCUT2D eigenvalue weighted by Crippen LogP contribution is -2.49. The van der Waals surface area contributed by atoms with Crippen LogP contribution in [0.5, 0.6) is 0 Å². The highest BCUT2D eigenvalue weighted by atomic mass is 35.6. The Labute approximate surface area is 167 Å². The Balaban J connectivity index is 2.23. The molecule has 0 aliphatic rings. The third kappa shape index (κ3) is 5.68. The van der Waals surface area contributed by atoms with Crippen molar-refractivity contribution in [3.63, 3.8) is 0 Å². The summed E-state index contributed by atoms with van der Waals surface area (Å²) in [5, 5.41) is 26.8. The zero-order chi connectivity index (χ0) is 20.2. The van der Waals surface area contributed by atoms with Crippen molar-refractivity contribution < 1.29 is 14.6 Å². The van der Waals surface area contributed by atoms with E-state index in [9.17, 15) is 25.0 Å². The van der Waals surface area contributed by atoms with Crippen LogP contribution in [-0.2, 0) is 0 Å². The summed E-state index contributed by atoms with van der Waals surface area (Å²) in [6.45, 7) is 0. The number of anilines is 1. The first-order chi connectivity index (χ1) is 12.6. The quantitative estimate of drug-likeness (QED) is 0.306. The van der Waals surface area contributed by atoms with Crippen LogP contribution in [0.2, 0.25) is 0 Å². The molecule has 12 heteroatoms. The zero-order valence-electron chi connectivity index (χ0n) is 13.3. The van der Waals surface area contributed by atoms with Crippen molar-refractivity contribution in [3.8, 4) is 0 Å². The van der Waals surface area contributed by atoms with Gasteiger partial charge >= 0.3 is 0 Å². The van der Waals surface area contributed by atoms with Crippen LogP contribution in [0.3, 0.4) is 0 Å². The molecule has 2 aromatic carbocycles. The molecule has 2 N–H and O–H groups in total. The van der Waals surface area contributed by atoms with Gasteiger partial charge in [-0.1, -0.05) is 46.9 Å². The highest BCUT2D eigenvalue weighted by Gasteiger charge is 2.34. The fourth-order valence-corrected chi connectivity index (χ4v) is 2.38. The standard InChI is InChI=1S/C15H11Cl3N4O5/c16-15(17,18)14(19-10-4-2-6-12(8-10)22(26)27)20-13(23)9-3-1-5-11(7-9)21(24)25/h1-8,14,19H,(H,20,23)/t14-/m0/s1. The molecule has 0 saturated heterocycles. The minimum Gasteiger partial charge on any atom is -0.362 e. The first-order valence-corrected chi connectivity index (χ1v) is 8.34. The number of nitrogens with zero attached hydrogens (tertiary/aromatic N) is 2. The molecule has 0 aromatic heterocycles. The highest BCUT2D eigenvalue weighted by Crippen LogP contribution is 2.32. The van der Waals surface area contributed by atoms with Gasteiger partial charge in [0.15, 0.2) is 0 Å². The summed E-state index contributed by atoms with van der Waals surface area (Å²) in [6, 6.07) is 10.4. The average Bonchev–Trinajstić information content (AvgIpc) is 2.60. The summed E-state index contributed by atoms with van der Waals surface area (Å²) in [5.41, 5.74) is -0.281. The highest BCUT2D eigenvalue weighted by molar-refractivity contribution is 6.68. The van der Waals surface area contributed by atoms with E-state index in [4.69, 9.17) is 34.8 Å². The van der Waals surface area contributed by atoms with Crippen molar-refractivity contribution in [3.05, 3.63) is 74.3 Å². The van der Waals surface area contributed by atoms with Gasteiger partial charge in [0, 0.05) is 35.5 Å². The second kappa shape index (κ2) is 8.38. The topological polar surface area (TPSA) is 127 Å². The minimum atomic E-state index is -2.03. The summed E-state index contributed by atoms with van der Waals surface area (Å²) in [5.74, 6) is -0.743. The van der Waals surface area contributed by atoms with E-state index in [-0.39, 0.29) is 22.6 Å². The van der Waals surface area contributed by atoms with Crippen LogP contribution in [0.4, 0.5) is 17.1 Å². The Kier molecular flexibility index (Phi) is 6.42. The number of hydrogen-bond donors (Lipinski definition) is 2. The van der Waals surface area contributed by atoms with Gasteiger partial charge < -0.3 is 10.6 Å². The van der Waals surface area contributed by atoms with Gasteiger partial charge in [0.05, 0.1) is 9.85 Å². The van der Waals surface area contributed by atoms with Crippen molar-refractivity contribution >= 4 is 57.8 Å². The van der Waals surface area contributed by atoms with E-state index in [1.165, 1.54) is 42.5 Å². The molecule has 0 aliphatic heterocycles. The number of rotatable bonds is 6. The molecule has 0 bridgehead atoms. The van der Waals surface area contributed by atoms with E-state index < -0.39 is 25.7 Å². The molecule has 1 atom stereocenters. The summed E-state index contributed by atoms with van der Waals surface area (Å²) in [6.07, 6.45) is -1.28. The van der Waals surface area contributed by atoms with Gasteiger partial charge in [0.2, 0.25) is 3.79 Å². The van der Waals surface area contributed by atoms with Gasteiger partial charge in [-0.2, -0.15) is 0 Å². The Morgan fingerprint density at radius 2 is 1.52 bits per heavy atom. The first kappa shape index (κ1) is 20.7. The molecule has 0 heterocycles. The first-order valence-electron chi connectivity index (χ1n) is 7.21. The fraction of sp³-hybridized carbons (Fsp3) is 0.133. The predicted octanol–water partition coefficient (Wildman–Crippen LogP) is 4.04. The maximum absolute atomic E-state index is 12.4.